The predicted molar refractivity (Wildman–Crippen MR) is 80.3 cm³/mol. The van der Waals surface area contributed by atoms with Crippen molar-refractivity contribution >= 4 is 0 Å². The summed E-state index contributed by atoms with van der Waals surface area (Å²) in [5, 5.41) is 8.21. The number of fused-ring (bicyclic) bond motifs is 1. The van der Waals surface area contributed by atoms with Gasteiger partial charge in [-0.25, -0.2) is 0 Å². The fraction of sp³-hybridized carbons (Fsp3) is 0.312. The van der Waals surface area contributed by atoms with Crippen LogP contribution < -0.4 is 9.47 Å². The van der Waals surface area contributed by atoms with Gasteiger partial charge in [0.15, 0.2) is 17.6 Å². The molecule has 1 aliphatic rings. The molecule has 118 valence electrons. The summed E-state index contributed by atoms with van der Waals surface area (Å²) < 4.78 is 18.7. The van der Waals surface area contributed by atoms with Crippen molar-refractivity contribution in [2.24, 2.45) is 7.05 Å². The summed E-state index contributed by atoms with van der Waals surface area (Å²) in [7, 11) is 1.88. The van der Waals surface area contributed by atoms with Gasteiger partial charge in [-0.3, -0.25) is 4.68 Å². The van der Waals surface area contributed by atoms with Crippen molar-refractivity contribution < 1.29 is 14.0 Å². The van der Waals surface area contributed by atoms with Crippen molar-refractivity contribution in [1.82, 2.24) is 19.9 Å². The van der Waals surface area contributed by atoms with Crippen LogP contribution in [0.4, 0.5) is 0 Å². The van der Waals surface area contributed by atoms with E-state index in [1.165, 1.54) is 0 Å². The number of hydrogen-bond donors (Lipinski definition) is 0. The molecule has 0 spiro atoms. The molecule has 4 rings (SSSR count). The predicted octanol–water partition coefficient (Wildman–Crippen LogP) is 2.47. The van der Waals surface area contributed by atoms with Crippen molar-refractivity contribution in [3.8, 4) is 11.5 Å². The zero-order valence-corrected chi connectivity index (χ0v) is 12.8. The average Bonchev–Trinajstić information content (AvgIpc) is 3.23. The molecule has 2 atom stereocenters. The zero-order chi connectivity index (χ0) is 15.8. The van der Waals surface area contributed by atoms with Gasteiger partial charge in [-0.1, -0.05) is 17.3 Å². The molecule has 0 radical (unpaired) electrons. The van der Waals surface area contributed by atoms with Gasteiger partial charge in [0, 0.05) is 18.8 Å². The molecule has 0 N–H and O–H groups in total. The van der Waals surface area contributed by atoms with Crippen LogP contribution in [0.3, 0.4) is 0 Å². The van der Waals surface area contributed by atoms with E-state index in [0.29, 0.717) is 24.1 Å². The summed E-state index contributed by atoms with van der Waals surface area (Å²) in [6.07, 6.45) is 3.36. The maximum absolute atomic E-state index is 5.89. The molecule has 0 fully saturated rings. The lowest BCUT2D eigenvalue weighted by atomic mass is 10.1. The number of aromatic nitrogens is 4. The first-order chi connectivity index (χ1) is 11.2. The van der Waals surface area contributed by atoms with Crippen LogP contribution in [0.1, 0.15) is 36.2 Å². The van der Waals surface area contributed by atoms with Gasteiger partial charge in [0.2, 0.25) is 11.7 Å². The highest BCUT2D eigenvalue weighted by molar-refractivity contribution is 5.41. The minimum absolute atomic E-state index is 0.0262. The molecule has 3 aromatic rings. The third kappa shape index (κ3) is 2.54. The number of aryl methyl sites for hydroxylation is 1. The minimum Gasteiger partial charge on any atom is -0.485 e. The van der Waals surface area contributed by atoms with E-state index >= 15 is 0 Å². The van der Waals surface area contributed by atoms with Crippen LogP contribution >= 0.6 is 0 Å². The molecule has 7 nitrogen and oxygen atoms in total. The van der Waals surface area contributed by atoms with E-state index in [4.69, 9.17) is 14.0 Å². The van der Waals surface area contributed by atoms with Gasteiger partial charge in [-0.15, -0.1) is 0 Å². The maximum atomic E-state index is 5.89. The van der Waals surface area contributed by atoms with Crippen molar-refractivity contribution in [2.45, 2.75) is 18.9 Å². The monoisotopic (exact) mass is 312 g/mol. The summed E-state index contributed by atoms with van der Waals surface area (Å²) in [4.78, 5) is 4.47. The van der Waals surface area contributed by atoms with Crippen molar-refractivity contribution in [3.63, 3.8) is 0 Å². The van der Waals surface area contributed by atoms with Crippen molar-refractivity contribution in [2.75, 3.05) is 6.61 Å². The second-order valence-corrected chi connectivity index (χ2v) is 5.52. The van der Waals surface area contributed by atoms with Crippen LogP contribution in [0.2, 0.25) is 0 Å². The summed E-state index contributed by atoms with van der Waals surface area (Å²) in [5.41, 5.74) is 1.02. The van der Waals surface area contributed by atoms with Gasteiger partial charge < -0.3 is 14.0 Å². The number of para-hydroxylation sites is 2. The molecule has 1 aromatic carbocycles. The van der Waals surface area contributed by atoms with Crippen LogP contribution in [0.25, 0.3) is 0 Å². The van der Waals surface area contributed by atoms with Crippen LogP contribution in [-0.4, -0.2) is 26.5 Å². The highest BCUT2D eigenvalue weighted by Crippen LogP contribution is 2.35. The maximum Gasteiger partial charge on any atom is 0.234 e. The molecule has 7 heteroatoms. The lowest BCUT2D eigenvalue weighted by molar-refractivity contribution is 0.0832. The lowest BCUT2D eigenvalue weighted by Gasteiger charge is -2.24. The Bertz CT molecular complexity index is 826. The normalized spacial score (nSPS) is 17.9. The second kappa shape index (κ2) is 5.42. The summed E-state index contributed by atoms with van der Waals surface area (Å²) >= 11 is 0. The SMILES string of the molecule is CC(c1cnn(C)c1)c1nc(C2COc3ccccc3O2)no1. The van der Waals surface area contributed by atoms with Gasteiger partial charge in [-0.05, 0) is 19.1 Å². The quantitative estimate of drug-likeness (QED) is 0.739. The van der Waals surface area contributed by atoms with Gasteiger partial charge in [0.1, 0.15) is 6.61 Å². The zero-order valence-electron chi connectivity index (χ0n) is 12.8. The van der Waals surface area contributed by atoms with E-state index in [1.807, 2.05) is 44.4 Å². The van der Waals surface area contributed by atoms with Crippen LogP contribution in [0.15, 0.2) is 41.2 Å². The largest absolute Gasteiger partial charge is 0.485 e. The Kier molecular flexibility index (Phi) is 3.25. The van der Waals surface area contributed by atoms with E-state index in [-0.39, 0.29) is 12.0 Å². The Labute approximate surface area is 132 Å². The third-order valence-electron chi connectivity index (χ3n) is 3.85. The Hall–Kier alpha value is -2.83. The molecule has 2 aromatic heterocycles. The summed E-state index contributed by atoms with van der Waals surface area (Å²) in [6.45, 7) is 2.36. The van der Waals surface area contributed by atoms with Gasteiger partial charge in [-0.2, -0.15) is 10.1 Å². The summed E-state index contributed by atoms with van der Waals surface area (Å²) in [6, 6.07) is 7.54. The lowest BCUT2D eigenvalue weighted by Crippen LogP contribution is -2.22. The molecular weight excluding hydrogens is 296 g/mol. The molecule has 1 aliphatic heterocycles. The first-order valence-corrected chi connectivity index (χ1v) is 7.41. The Morgan fingerprint density at radius 3 is 2.87 bits per heavy atom. The number of ether oxygens (including phenoxy) is 2. The number of nitrogens with zero attached hydrogens (tertiary/aromatic N) is 4. The van der Waals surface area contributed by atoms with Crippen molar-refractivity contribution in [1.29, 1.82) is 0 Å². The smallest absolute Gasteiger partial charge is 0.234 e. The number of hydrogen-bond acceptors (Lipinski definition) is 6. The highest BCUT2D eigenvalue weighted by Gasteiger charge is 2.28. The molecule has 3 heterocycles. The molecule has 23 heavy (non-hydrogen) atoms. The Morgan fingerprint density at radius 1 is 1.26 bits per heavy atom. The van der Waals surface area contributed by atoms with Gasteiger partial charge in [0.25, 0.3) is 0 Å². The van der Waals surface area contributed by atoms with E-state index in [0.717, 1.165) is 11.3 Å². The average molecular weight is 312 g/mol. The molecular formula is C16H16N4O3. The first-order valence-electron chi connectivity index (χ1n) is 7.41. The molecule has 0 bridgehead atoms. The minimum atomic E-state index is -0.372. The van der Waals surface area contributed by atoms with Gasteiger partial charge >= 0.3 is 0 Å². The number of rotatable bonds is 3. The fourth-order valence-corrected chi connectivity index (χ4v) is 2.51. The number of benzene rings is 1. The highest BCUT2D eigenvalue weighted by atomic mass is 16.6. The molecule has 0 saturated carbocycles. The second-order valence-electron chi connectivity index (χ2n) is 5.52. The topological polar surface area (TPSA) is 75.2 Å². The third-order valence-corrected chi connectivity index (χ3v) is 3.85. The molecule has 0 amide bonds. The first kappa shape index (κ1) is 13.8. The van der Waals surface area contributed by atoms with Crippen LogP contribution in [0, 0.1) is 0 Å². The summed E-state index contributed by atoms with van der Waals surface area (Å²) in [5.74, 6) is 2.43. The molecule has 0 saturated heterocycles. The van der Waals surface area contributed by atoms with E-state index in [9.17, 15) is 0 Å². The van der Waals surface area contributed by atoms with Crippen LogP contribution in [0.5, 0.6) is 11.5 Å². The molecule has 2 unspecified atom stereocenters. The van der Waals surface area contributed by atoms with E-state index in [1.54, 1.807) is 10.9 Å². The fourth-order valence-electron chi connectivity index (χ4n) is 2.51. The molecule has 0 aliphatic carbocycles. The van der Waals surface area contributed by atoms with E-state index < -0.39 is 0 Å². The standard InChI is InChI=1S/C16H16N4O3/c1-10(11-7-17-20(2)8-11)16-18-15(19-23-16)14-9-21-12-5-3-4-6-13(12)22-14/h3-8,10,14H,9H2,1-2H3. The van der Waals surface area contributed by atoms with Crippen molar-refractivity contribution in [3.05, 3.63) is 53.9 Å². The van der Waals surface area contributed by atoms with E-state index in [2.05, 4.69) is 15.2 Å². The van der Waals surface area contributed by atoms with Gasteiger partial charge in [0.05, 0.1) is 12.1 Å². The van der Waals surface area contributed by atoms with Crippen LogP contribution in [-0.2, 0) is 7.05 Å². The Balaban J connectivity index is 1.55. The Morgan fingerprint density at radius 2 is 2.09 bits per heavy atom.